The highest BCUT2D eigenvalue weighted by Gasteiger charge is 2.16. The Hall–Kier alpha value is -2.33. The van der Waals surface area contributed by atoms with E-state index in [2.05, 4.69) is 61.0 Å². The van der Waals surface area contributed by atoms with Gasteiger partial charge in [-0.3, -0.25) is 4.79 Å². The summed E-state index contributed by atoms with van der Waals surface area (Å²) in [5.41, 5.74) is 3.81. The van der Waals surface area contributed by atoms with Gasteiger partial charge >= 0.3 is 0 Å². The van der Waals surface area contributed by atoms with E-state index in [1.165, 1.54) is 16.8 Å². The van der Waals surface area contributed by atoms with E-state index in [1.807, 2.05) is 22.4 Å². The number of hydrogen-bond acceptors (Lipinski definition) is 2. The molecule has 0 bridgehead atoms. The second-order valence-electron chi connectivity index (χ2n) is 6.98. The van der Waals surface area contributed by atoms with Crippen molar-refractivity contribution in [2.75, 3.05) is 6.54 Å². The van der Waals surface area contributed by atoms with Gasteiger partial charge in [-0.25, -0.2) is 0 Å². The van der Waals surface area contributed by atoms with E-state index in [9.17, 15) is 4.79 Å². The number of carbonyl (C=O) groups excluding carboxylic acids is 1. The van der Waals surface area contributed by atoms with Gasteiger partial charge in [-0.15, -0.1) is 11.3 Å². The van der Waals surface area contributed by atoms with Gasteiger partial charge in [-0.05, 0) is 48.1 Å². The van der Waals surface area contributed by atoms with Crippen molar-refractivity contribution < 1.29 is 4.79 Å². The van der Waals surface area contributed by atoms with Gasteiger partial charge in [0.05, 0.1) is 13.0 Å². The average molecular weight is 381 g/mol. The second kappa shape index (κ2) is 9.56. The molecule has 142 valence electrons. The monoisotopic (exact) mass is 380 g/mol. The molecular weight excluding hydrogens is 352 g/mol. The fourth-order valence-electron chi connectivity index (χ4n) is 3.23. The van der Waals surface area contributed by atoms with Gasteiger partial charge in [0.15, 0.2) is 0 Å². The van der Waals surface area contributed by atoms with Gasteiger partial charge in [0.1, 0.15) is 0 Å². The number of nitrogens with zero attached hydrogens (tertiary/aromatic N) is 2. The summed E-state index contributed by atoms with van der Waals surface area (Å²) < 4.78 is 2.26. The van der Waals surface area contributed by atoms with Gasteiger partial charge in [0.25, 0.3) is 0 Å². The standard InChI is InChI=1S/C23H28N2OS/c1-3-4-13-25(23(26)16-22-12-8-15-27-22)18-21-11-7-14-24(21)17-20-10-6-5-9-19(20)2/h5-12,14-15H,3-4,13,16-18H2,1-2H3. The lowest BCUT2D eigenvalue weighted by Crippen LogP contribution is -2.33. The van der Waals surface area contributed by atoms with Crippen molar-refractivity contribution in [1.82, 2.24) is 9.47 Å². The molecule has 0 N–H and O–H groups in total. The molecule has 0 aliphatic carbocycles. The van der Waals surface area contributed by atoms with Crippen LogP contribution >= 0.6 is 11.3 Å². The maximum Gasteiger partial charge on any atom is 0.228 e. The van der Waals surface area contributed by atoms with Crippen LogP contribution in [0, 0.1) is 6.92 Å². The summed E-state index contributed by atoms with van der Waals surface area (Å²) in [7, 11) is 0. The van der Waals surface area contributed by atoms with Crippen molar-refractivity contribution in [2.24, 2.45) is 0 Å². The van der Waals surface area contributed by atoms with E-state index in [1.54, 1.807) is 11.3 Å². The van der Waals surface area contributed by atoms with E-state index in [0.717, 1.165) is 30.8 Å². The van der Waals surface area contributed by atoms with Crippen LogP contribution in [-0.4, -0.2) is 21.9 Å². The number of thiophene rings is 1. The van der Waals surface area contributed by atoms with Gasteiger partial charge in [-0.2, -0.15) is 0 Å². The third-order valence-electron chi connectivity index (χ3n) is 4.92. The van der Waals surface area contributed by atoms with Gasteiger partial charge in [-0.1, -0.05) is 43.7 Å². The van der Waals surface area contributed by atoms with Crippen LogP contribution in [0.2, 0.25) is 0 Å². The molecule has 0 saturated carbocycles. The Balaban J connectivity index is 1.73. The SMILES string of the molecule is CCCCN(Cc1cccn1Cc1ccccc1C)C(=O)Cc1cccs1. The zero-order valence-electron chi connectivity index (χ0n) is 16.2. The molecule has 27 heavy (non-hydrogen) atoms. The van der Waals surface area contributed by atoms with E-state index in [0.29, 0.717) is 13.0 Å². The maximum absolute atomic E-state index is 12.9. The summed E-state index contributed by atoms with van der Waals surface area (Å²) in [6.07, 6.45) is 4.74. The third-order valence-corrected chi connectivity index (χ3v) is 5.79. The summed E-state index contributed by atoms with van der Waals surface area (Å²) in [5.74, 6) is 0.217. The molecule has 1 amide bonds. The number of unbranched alkanes of at least 4 members (excludes halogenated alkanes) is 1. The van der Waals surface area contributed by atoms with Crippen molar-refractivity contribution in [3.8, 4) is 0 Å². The number of carbonyl (C=O) groups is 1. The largest absolute Gasteiger partial charge is 0.345 e. The molecule has 0 fully saturated rings. The second-order valence-corrected chi connectivity index (χ2v) is 8.01. The first-order valence-corrected chi connectivity index (χ1v) is 10.5. The van der Waals surface area contributed by atoms with Crippen LogP contribution in [0.4, 0.5) is 0 Å². The first-order valence-electron chi connectivity index (χ1n) is 9.66. The van der Waals surface area contributed by atoms with Crippen LogP contribution in [-0.2, 0) is 24.3 Å². The molecule has 0 aliphatic heterocycles. The number of aryl methyl sites for hydroxylation is 1. The Labute approximate surface area is 166 Å². The van der Waals surface area contributed by atoms with Crippen molar-refractivity contribution >= 4 is 17.2 Å². The summed E-state index contributed by atoms with van der Waals surface area (Å²) in [6.45, 7) is 6.65. The molecule has 0 radical (unpaired) electrons. The molecule has 3 rings (SSSR count). The van der Waals surface area contributed by atoms with Crippen LogP contribution in [0.25, 0.3) is 0 Å². The minimum absolute atomic E-state index is 0.217. The molecule has 3 aromatic rings. The van der Waals surface area contributed by atoms with Crippen molar-refractivity contribution in [2.45, 2.75) is 46.2 Å². The van der Waals surface area contributed by atoms with Crippen LogP contribution in [0.1, 0.15) is 41.5 Å². The summed E-state index contributed by atoms with van der Waals surface area (Å²) in [5, 5.41) is 2.03. The molecule has 0 saturated heterocycles. The van der Waals surface area contributed by atoms with Crippen LogP contribution < -0.4 is 0 Å². The fourth-order valence-corrected chi connectivity index (χ4v) is 3.92. The Morgan fingerprint density at radius 2 is 1.96 bits per heavy atom. The van der Waals surface area contributed by atoms with E-state index in [-0.39, 0.29) is 5.91 Å². The number of rotatable bonds is 9. The van der Waals surface area contributed by atoms with Crippen LogP contribution in [0.5, 0.6) is 0 Å². The number of aromatic nitrogens is 1. The van der Waals surface area contributed by atoms with E-state index in [4.69, 9.17) is 0 Å². The summed E-state index contributed by atoms with van der Waals surface area (Å²) in [6, 6.07) is 16.8. The normalized spacial score (nSPS) is 10.9. The van der Waals surface area contributed by atoms with E-state index >= 15 is 0 Å². The van der Waals surface area contributed by atoms with Gasteiger partial charge < -0.3 is 9.47 Å². The molecule has 3 nitrogen and oxygen atoms in total. The highest BCUT2D eigenvalue weighted by molar-refractivity contribution is 7.10. The number of benzene rings is 1. The molecule has 0 aliphatic rings. The predicted molar refractivity (Wildman–Crippen MR) is 113 cm³/mol. The van der Waals surface area contributed by atoms with Crippen LogP contribution in [0.3, 0.4) is 0 Å². The lowest BCUT2D eigenvalue weighted by atomic mass is 10.1. The molecule has 4 heteroatoms. The van der Waals surface area contributed by atoms with Gasteiger partial charge in [0.2, 0.25) is 5.91 Å². The van der Waals surface area contributed by atoms with E-state index < -0.39 is 0 Å². The van der Waals surface area contributed by atoms with Crippen molar-refractivity contribution in [3.05, 3.63) is 81.8 Å². The highest BCUT2D eigenvalue weighted by Crippen LogP contribution is 2.16. The number of amides is 1. The Bertz CT molecular complexity index is 851. The minimum Gasteiger partial charge on any atom is -0.345 e. The molecule has 0 unspecified atom stereocenters. The fraction of sp³-hybridized carbons (Fsp3) is 0.348. The average Bonchev–Trinajstić information content (AvgIpc) is 3.32. The summed E-state index contributed by atoms with van der Waals surface area (Å²) >= 11 is 1.65. The molecule has 2 heterocycles. The minimum atomic E-state index is 0.217. The third kappa shape index (κ3) is 5.33. The molecule has 1 aromatic carbocycles. The Morgan fingerprint density at radius 1 is 1.11 bits per heavy atom. The topological polar surface area (TPSA) is 25.2 Å². The lowest BCUT2D eigenvalue weighted by molar-refractivity contribution is -0.131. The van der Waals surface area contributed by atoms with Gasteiger partial charge in [0, 0.05) is 29.9 Å². The number of hydrogen-bond donors (Lipinski definition) is 0. The predicted octanol–water partition coefficient (Wildman–Crippen LogP) is 5.28. The highest BCUT2D eigenvalue weighted by atomic mass is 32.1. The first-order chi connectivity index (χ1) is 13.2. The molecule has 2 aromatic heterocycles. The molecule has 0 atom stereocenters. The quantitative estimate of drug-likeness (QED) is 0.496. The van der Waals surface area contributed by atoms with Crippen LogP contribution in [0.15, 0.2) is 60.1 Å². The van der Waals surface area contributed by atoms with Crippen molar-refractivity contribution in [3.63, 3.8) is 0 Å². The summed E-state index contributed by atoms with van der Waals surface area (Å²) in [4.78, 5) is 16.0. The Morgan fingerprint density at radius 3 is 2.70 bits per heavy atom. The zero-order valence-corrected chi connectivity index (χ0v) is 17.0. The first kappa shape index (κ1) is 19.4. The zero-order chi connectivity index (χ0) is 19.1. The van der Waals surface area contributed by atoms with Crippen molar-refractivity contribution in [1.29, 1.82) is 0 Å². The molecule has 0 spiro atoms. The maximum atomic E-state index is 12.9. The smallest absolute Gasteiger partial charge is 0.228 e. The Kier molecular flexibility index (Phi) is 6.88. The molecular formula is C23H28N2OS. The lowest BCUT2D eigenvalue weighted by Gasteiger charge is -2.23.